The van der Waals surface area contributed by atoms with Crippen LogP contribution in [0.2, 0.25) is 5.02 Å². The second-order valence-electron chi connectivity index (χ2n) is 3.93. The maximum atomic E-state index is 13.9. The number of halogens is 3. The molecule has 2 aromatic rings. The molecule has 0 saturated carbocycles. The van der Waals surface area contributed by atoms with Crippen LogP contribution in [-0.4, -0.2) is 0 Å². The molecule has 0 fully saturated rings. The zero-order chi connectivity index (χ0) is 13.8. The Labute approximate surface area is 114 Å². The smallest absolute Gasteiger partial charge is 0.183 e. The van der Waals surface area contributed by atoms with E-state index in [4.69, 9.17) is 22.1 Å². The summed E-state index contributed by atoms with van der Waals surface area (Å²) in [6.07, 6.45) is 0. The molecule has 0 atom stereocenters. The Balaban J connectivity index is 2.17. The summed E-state index contributed by atoms with van der Waals surface area (Å²) in [7, 11) is 0. The highest BCUT2D eigenvalue weighted by Gasteiger charge is 2.10. The second-order valence-corrected chi connectivity index (χ2v) is 4.34. The third-order valence-electron chi connectivity index (χ3n) is 2.68. The Morgan fingerprint density at radius 3 is 2.42 bits per heavy atom. The Hall–Kier alpha value is -1.65. The van der Waals surface area contributed by atoms with Crippen molar-refractivity contribution in [3.63, 3.8) is 0 Å². The number of hydrogen-bond acceptors (Lipinski definition) is 2. The first-order valence-electron chi connectivity index (χ1n) is 5.66. The quantitative estimate of drug-likeness (QED) is 0.929. The van der Waals surface area contributed by atoms with Gasteiger partial charge in [0.1, 0.15) is 12.4 Å². The zero-order valence-corrected chi connectivity index (χ0v) is 10.8. The van der Waals surface area contributed by atoms with E-state index in [1.54, 1.807) is 24.3 Å². The Morgan fingerprint density at radius 1 is 1.00 bits per heavy atom. The third kappa shape index (κ3) is 3.03. The fourth-order valence-electron chi connectivity index (χ4n) is 1.65. The minimum Gasteiger partial charge on any atom is -0.486 e. The molecule has 0 spiro atoms. The molecular formula is C14H12ClF2NO. The van der Waals surface area contributed by atoms with Crippen molar-refractivity contribution in [2.75, 3.05) is 0 Å². The van der Waals surface area contributed by atoms with Gasteiger partial charge in [0.25, 0.3) is 0 Å². The maximum absolute atomic E-state index is 13.9. The standard InChI is InChI=1S/C14H12ClF2NO/c15-11-5-2-6-12(14(11)17)19-8-10-4-1-3-9(7-18)13(10)16/h1-6H,7-8,18H2. The predicted octanol–water partition coefficient (Wildman–Crippen LogP) is 3.66. The van der Waals surface area contributed by atoms with Gasteiger partial charge in [-0.05, 0) is 12.1 Å². The molecular weight excluding hydrogens is 272 g/mol. The molecule has 0 aliphatic rings. The van der Waals surface area contributed by atoms with Crippen LogP contribution in [0.25, 0.3) is 0 Å². The fraction of sp³-hybridized carbons (Fsp3) is 0.143. The van der Waals surface area contributed by atoms with Crippen LogP contribution < -0.4 is 10.5 Å². The van der Waals surface area contributed by atoms with Crippen molar-refractivity contribution in [1.82, 2.24) is 0 Å². The van der Waals surface area contributed by atoms with Crippen molar-refractivity contribution in [2.24, 2.45) is 5.73 Å². The van der Waals surface area contributed by atoms with Gasteiger partial charge in [0.2, 0.25) is 0 Å². The van der Waals surface area contributed by atoms with Gasteiger partial charge in [-0.25, -0.2) is 8.78 Å². The lowest BCUT2D eigenvalue weighted by molar-refractivity contribution is 0.284. The SMILES string of the molecule is NCc1cccc(COc2cccc(Cl)c2F)c1F. The number of ether oxygens (including phenoxy) is 1. The van der Waals surface area contributed by atoms with Crippen LogP contribution in [0.5, 0.6) is 5.75 Å². The molecule has 0 saturated heterocycles. The lowest BCUT2D eigenvalue weighted by atomic mass is 10.1. The van der Waals surface area contributed by atoms with Crippen molar-refractivity contribution in [1.29, 1.82) is 0 Å². The summed E-state index contributed by atoms with van der Waals surface area (Å²) in [6, 6.07) is 9.26. The van der Waals surface area contributed by atoms with Crippen LogP contribution >= 0.6 is 11.6 Å². The molecule has 0 aliphatic carbocycles. The Morgan fingerprint density at radius 2 is 1.68 bits per heavy atom. The lowest BCUT2D eigenvalue weighted by Gasteiger charge is -2.10. The first kappa shape index (κ1) is 13.8. The predicted molar refractivity (Wildman–Crippen MR) is 70.0 cm³/mol. The molecule has 5 heteroatoms. The Bertz CT molecular complexity index is 590. The molecule has 0 aromatic heterocycles. The summed E-state index contributed by atoms with van der Waals surface area (Å²) >= 11 is 5.63. The average Bonchev–Trinajstić information content (AvgIpc) is 2.42. The van der Waals surface area contributed by atoms with Crippen LogP contribution in [0.1, 0.15) is 11.1 Å². The highest BCUT2D eigenvalue weighted by atomic mass is 35.5. The van der Waals surface area contributed by atoms with Gasteiger partial charge in [0.05, 0.1) is 5.02 Å². The molecule has 0 aliphatic heterocycles. The van der Waals surface area contributed by atoms with Crippen molar-refractivity contribution in [3.05, 3.63) is 64.2 Å². The molecule has 2 aromatic carbocycles. The average molecular weight is 284 g/mol. The summed E-state index contributed by atoms with van der Waals surface area (Å²) in [4.78, 5) is 0. The summed E-state index contributed by atoms with van der Waals surface area (Å²) in [5.74, 6) is -1.09. The van der Waals surface area contributed by atoms with Gasteiger partial charge < -0.3 is 10.5 Å². The van der Waals surface area contributed by atoms with E-state index in [1.807, 2.05) is 0 Å². The largest absolute Gasteiger partial charge is 0.486 e. The molecule has 2 nitrogen and oxygen atoms in total. The molecule has 0 amide bonds. The van der Waals surface area contributed by atoms with Gasteiger partial charge in [0, 0.05) is 17.7 Å². The van der Waals surface area contributed by atoms with E-state index in [-0.39, 0.29) is 23.9 Å². The minimum absolute atomic E-state index is 0.00921. The monoisotopic (exact) mass is 283 g/mol. The van der Waals surface area contributed by atoms with E-state index in [0.717, 1.165) is 0 Å². The number of hydrogen-bond donors (Lipinski definition) is 1. The summed E-state index contributed by atoms with van der Waals surface area (Å²) < 4.78 is 32.7. The second kappa shape index (κ2) is 5.99. The molecule has 2 rings (SSSR count). The molecule has 0 radical (unpaired) electrons. The van der Waals surface area contributed by atoms with Crippen molar-refractivity contribution < 1.29 is 13.5 Å². The van der Waals surface area contributed by atoms with Gasteiger partial charge >= 0.3 is 0 Å². The van der Waals surface area contributed by atoms with Gasteiger partial charge in [-0.2, -0.15) is 0 Å². The van der Waals surface area contributed by atoms with E-state index in [1.165, 1.54) is 12.1 Å². The van der Waals surface area contributed by atoms with Gasteiger partial charge in [-0.15, -0.1) is 0 Å². The molecule has 2 N–H and O–H groups in total. The van der Waals surface area contributed by atoms with E-state index in [9.17, 15) is 8.78 Å². The summed E-state index contributed by atoms with van der Waals surface area (Å²) in [6.45, 7) is 0.0160. The fourth-order valence-corrected chi connectivity index (χ4v) is 1.82. The Kier molecular flexibility index (Phi) is 4.35. The zero-order valence-electron chi connectivity index (χ0n) is 10.00. The minimum atomic E-state index is -0.653. The topological polar surface area (TPSA) is 35.2 Å². The molecule has 0 unspecified atom stereocenters. The lowest BCUT2D eigenvalue weighted by Crippen LogP contribution is -2.05. The highest BCUT2D eigenvalue weighted by Crippen LogP contribution is 2.25. The molecule has 0 bridgehead atoms. The summed E-state index contributed by atoms with van der Waals surface area (Å²) in [5, 5.41) is -0.0336. The van der Waals surface area contributed by atoms with Crippen LogP contribution in [0, 0.1) is 11.6 Å². The molecule has 19 heavy (non-hydrogen) atoms. The van der Waals surface area contributed by atoms with E-state index in [0.29, 0.717) is 11.1 Å². The van der Waals surface area contributed by atoms with Gasteiger partial charge in [0.15, 0.2) is 11.6 Å². The molecule has 0 heterocycles. The van der Waals surface area contributed by atoms with Crippen LogP contribution in [0.15, 0.2) is 36.4 Å². The number of benzene rings is 2. The van der Waals surface area contributed by atoms with E-state index >= 15 is 0 Å². The maximum Gasteiger partial charge on any atom is 0.183 e. The van der Waals surface area contributed by atoms with Gasteiger partial charge in [-0.1, -0.05) is 35.9 Å². The highest BCUT2D eigenvalue weighted by molar-refractivity contribution is 6.30. The third-order valence-corrected chi connectivity index (χ3v) is 2.97. The number of rotatable bonds is 4. The molecule has 100 valence electrons. The van der Waals surface area contributed by atoms with Crippen molar-refractivity contribution >= 4 is 11.6 Å². The summed E-state index contributed by atoms with van der Waals surface area (Å²) in [5.41, 5.74) is 6.13. The normalized spacial score (nSPS) is 10.5. The van der Waals surface area contributed by atoms with E-state index in [2.05, 4.69) is 0 Å². The van der Waals surface area contributed by atoms with E-state index < -0.39 is 11.6 Å². The van der Waals surface area contributed by atoms with Crippen molar-refractivity contribution in [3.8, 4) is 5.75 Å². The van der Waals surface area contributed by atoms with Crippen LogP contribution in [0.3, 0.4) is 0 Å². The number of nitrogens with two attached hydrogens (primary N) is 1. The first-order chi connectivity index (χ1) is 9.13. The van der Waals surface area contributed by atoms with Crippen LogP contribution in [-0.2, 0) is 13.2 Å². The van der Waals surface area contributed by atoms with Crippen molar-refractivity contribution in [2.45, 2.75) is 13.2 Å². The van der Waals surface area contributed by atoms with Crippen LogP contribution in [0.4, 0.5) is 8.78 Å². The first-order valence-corrected chi connectivity index (χ1v) is 6.04. The van der Waals surface area contributed by atoms with Gasteiger partial charge in [-0.3, -0.25) is 0 Å².